The molecule has 0 spiro atoms. The van der Waals surface area contributed by atoms with Crippen molar-refractivity contribution < 1.29 is 27.9 Å². The first kappa shape index (κ1) is 18.9. The van der Waals surface area contributed by atoms with Gasteiger partial charge in [-0.2, -0.15) is 18.3 Å². The Labute approximate surface area is 153 Å². The molecular formula is C18H18F3N3O3. The molecular weight excluding hydrogens is 363 g/mol. The van der Waals surface area contributed by atoms with E-state index in [9.17, 15) is 22.8 Å². The number of anilines is 1. The summed E-state index contributed by atoms with van der Waals surface area (Å²) in [5, 5.41) is 15.5. The minimum atomic E-state index is -4.52. The minimum absolute atomic E-state index is 0.217. The predicted molar refractivity (Wildman–Crippen MR) is 90.3 cm³/mol. The number of alkyl halides is 3. The number of aromatic nitrogens is 2. The first-order valence-electron chi connectivity index (χ1n) is 8.51. The lowest BCUT2D eigenvalue weighted by atomic mass is 9.81. The van der Waals surface area contributed by atoms with Crippen molar-refractivity contribution in [1.82, 2.24) is 9.78 Å². The average molecular weight is 381 g/mol. The van der Waals surface area contributed by atoms with E-state index < -0.39 is 23.8 Å². The Morgan fingerprint density at radius 2 is 1.78 bits per heavy atom. The van der Waals surface area contributed by atoms with Crippen molar-refractivity contribution in [2.75, 3.05) is 5.32 Å². The van der Waals surface area contributed by atoms with Crippen molar-refractivity contribution in [3.8, 4) is 5.69 Å². The van der Waals surface area contributed by atoms with Crippen molar-refractivity contribution in [3.63, 3.8) is 0 Å². The zero-order chi connectivity index (χ0) is 19.6. The third kappa shape index (κ3) is 4.29. The van der Waals surface area contributed by atoms with E-state index in [0.29, 0.717) is 31.4 Å². The molecule has 1 aliphatic rings. The molecule has 2 aromatic rings. The number of carboxylic acids is 1. The highest BCUT2D eigenvalue weighted by molar-refractivity contribution is 5.93. The second-order valence-corrected chi connectivity index (χ2v) is 6.56. The Bertz CT molecular complexity index is 830. The van der Waals surface area contributed by atoms with Crippen LogP contribution in [0, 0.1) is 11.8 Å². The zero-order valence-corrected chi connectivity index (χ0v) is 14.2. The van der Waals surface area contributed by atoms with Crippen molar-refractivity contribution >= 4 is 17.6 Å². The number of carbonyl (C=O) groups is 2. The summed E-state index contributed by atoms with van der Waals surface area (Å²) in [6.07, 6.45) is -1.30. The Balaban J connectivity index is 1.69. The molecule has 1 heterocycles. The van der Waals surface area contributed by atoms with E-state index >= 15 is 0 Å². The van der Waals surface area contributed by atoms with Gasteiger partial charge in [0.2, 0.25) is 5.91 Å². The van der Waals surface area contributed by atoms with Crippen molar-refractivity contribution in [3.05, 3.63) is 42.2 Å². The standard InChI is InChI=1S/C18H18F3N3O3/c19-18(20,21)15-8-9-22-24(15)14-6-4-13(5-7-14)23-16(25)11-2-1-3-12(10-11)17(26)27/h4-9,11-12H,1-3,10H2,(H,23,25)(H,26,27). The van der Waals surface area contributed by atoms with Crippen LogP contribution >= 0.6 is 0 Å². The molecule has 2 unspecified atom stereocenters. The van der Waals surface area contributed by atoms with Crippen LogP contribution in [-0.4, -0.2) is 26.8 Å². The van der Waals surface area contributed by atoms with Gasteiger partial charge < -0.3 is 10.4 Å². The normalized spacial score (nSPS) is 20.3. The average Bonchev–Trinajstić information content (AvgIpc) is 3.12. The zero-order valence-electron chi connectivity index (χ0n) is 14.2. The molecule has 1 saturated carbocycles. The van der Waals surface area contributed by atoms with Gasteiger partial charge in [-0.3, -0.25) is 9.59 Å². The predicted octanol–water partition coefficient (Wildman–Crippen LogP) is 3.72. The van der Waals surface area contributed by atoms with Crippen LogP contribution in [0.4, 0.5) is 18.9 Å². The number of benzene rings is 1. The summed E-state index contributed by atoms with van der Waals surface area (Å²) >= 11 is 0. The number of carboxylic acid groups (broad SMARTS) is 1. The van der Waals surface area contributed by atoms with Crippen molar-refractivity contribution in [1.29, 1.82) is 0 Å². The molecule has 9 heteroatoms. The molecule has 144 valence electrons. The maximum absolute atomic E-state index is 13.0. The molecule has 27 heavy (non-hydrogen) atoms. The van der Waals surface area contributed by atoms with E-state index in [0.717, 1.165) is 16.9 Å². The number of halogens is 3. The highest BCUT2D eigenvalue weighted by atomic mass is 19.4. The Kier molecular flexibility index (Phi) is 5.20. The fourth-order valence-corrected chi connectivity index (χ4v) is 3.31. The Morgan fingerprint density at radius 3 is 2.41 bits per heavy atom. The maximum atomic E-state index is 13.0. The molecule has 1 amide bonds. The molecule has 6 nitrogen and oxygen atoms in total. The smallest absolute Gasteiger partial charge is 0.433 e. The molecule has 2 N–H and O–H groups in total. The van der Waals surface area contributed by atoms with E-state index in [1.165, 1.54) is 24.3 Å². The fraction of sp³-hybridized carbons (Fsp3) is 0.389. The van der Waals surface area contributed by atoms with E-state index in [2.05, 4.69) is 10.4 Å². The summed E-state index contributed by atoms with van der Waals surface area (Å²) in [5.74, 6) is -2.07. The van der Waals surface area contributed by atoms with Crippen LogP contribution < -0.4 is 5.32 Å². The van der Waals surface area contributed by atoms with Gasteiger partial charge in [0.25, 0.3) is 0 Å². The molecule has 2 atom stereocenters. The molecule has 1 aromatic carbocycles. The van der Waals surface area contributed by atoms with Gasteiger partial charge in [0.1, 0.15) is 5.69 Å². The second kappa shape index (κ2) is 7.42. The lowest BCUT2D eigenvalue weighted by molar-refractivity contribution is -0.144. The third-order valence-electron chi connectivity index (χ3n) is 4.71. The Morgan fingerprint density at radius 1 is 1.11 bits per heavy atom. The van der Waals surface area contributed by atoms with Crippen LogP contribution in [0.15, 0.2) is 36.5 Å². The summed E-state index contributed by atoms with van der Waals surface area (Å²) in [4.78, 5) is 23.5. The van der Waals surface area contributed by atoms with Gasteiger partial charge in [0.15, 0.2) is 0 Å². The van der Waals surface area contributed by atoms with Gasteiger partial charge in [0.05, 0.1) is 17.8 Å². The van der Waals surface area contributed by atoms with E-state index in [-0.39, 0.29) is 17.5 Å². The van der Waals surface area contributed by atoms with Crippen LogP contribution in [0.1, 0.15) is 31.4 Å². The second-order valence-electron chi connectivity index (χ2n) is 6.56. The van der Waals surface area contributed by atoms with Gasteiger partial charge >= 0.3 is 12.1 Å². The Hall–Kier alpha value is -2.84. The highest BCUT2D eigenvalue weighted by Gasteiger charge is 2.35. The molecule has 3 rings (SSSR count). The van der Waals surface area contributed by atoms with Gasteiger partial charge in [-0.1, -0.05) is 6.42 Å². The molecule has 1 aromatic heterocycles. The summed E-state index contributed by atoms with van der Waals surface area (Å²) in [7, 11) is 0. The van der Waals surface area contributed by atoms with E-state index in [4.69, 9.17) is 5.11 Å². The molecule has 0 saturated heterocycles. The number of nitrogens with zero attached hydrogens (tertiary/aromatic N) is 2. The van der Waals surface area contributed by atoms with Gasteiger partial charge in [0, 0.05) is 11.6 Å². The number of rotatable bonds is 4. The summed E-state index contributed by atoms with van der Waals surface area (Å²) in [5.41, 5.74) is -0.239. The number of hydrogen-bond donors (Lipinski definition) is 2. The largest absolute Gasteiger partial charge is 0.481 e. The van der Waals surface area contributed by atoms with Gasteiger partial charge in [-0.25, -0.2) is 4.68 Å². The number of hydrogen-bond acceptors (Lipinski definition) is 3. The number of amides is 1. The van der Waals surface area contributed by atoms with Crippen LogP contribution in [0.2, 0.25) is 0 Å². The number of carbonyl (C=O) groups excluding carboxylic acids is 1. The molecule has 0 radical (unpaired) electrons. The molecule has 1 aliphatic carbocycles. The highest BCUT2D eigenvalue weighted by Crippen LogP contribution is 2.32. The molecule has 0 aliphatic heterocycles. The first-order chi connectivity index (χ1) is 12.8. The molecule has 0 bridgehead atoms. The summed E-state index contributed by atoms with van der Waals surface area (Å²) in [6.45, 7) is 0. The summed E-state index contributed by atoms with van der Waals surface area (Å²) in [6, 6.07) is 6.73. The topological polar surface area (TPSA) is 84.2 Å². The lowest BCUT2D eigenvalue weighted by Crippen LogP contribution is -2.30. The van der Waals surface area contributed by atoms with E-state index in [1.807, 2.05) is 0 Å². The quantitative estimate of drug-likeness (QED) is 0.845. The number of nitrogens with one attached hydrogen (secondary N) is 1. The maximum Gasteiger partial charge on any atom is 0.433 e. The summed E-state index contributed by atoms with van der Waals surface area (Å²) < 4.78 is 39.6. The lowest BCUT2D eigenvalue weighted by Gasteiger charge is -2.25. The van der Waals surface area contributed by atoms with Crippen molar-refractivity contribution in [2.24, 2.45) is 11.8 Å². The third-order valence-corrected chi connectivity index (χ3v) is 4.71. The first-order valence-corrected chi connectivity index (χ1v) is 8.51. The van der Waals surface area contributed by atoms with Crippen LogP contribution in [-0.2, 0) is 15.8 Å². The van der Waals surface area contributed by atoms with E-state index in [1.54, 1.807) is 0 Å². The molecule has 1 fully saturated rings. The van der Waals surface area contributed by atoms with Crippen LogP contribution in [0.25, 0.3) is 5.69 Å². The fourth-order valence-electron chi connectivity index (χ4n) is 3.31. The van der Waals surface area contributed by atoms with Crippen molar-refractivity contribution in [2.45, 2.75) is 31.9 Å². The number of aliphatic carboxylic acids is 1. The van der Waals surface area contributed by atoms with Crippen LogP contribution in [0.3, 0.4) is 0 Å². The van der Waals surface area contributed by atoms with Crippen LogP contribution in [0.5, 0.6) is 0 Å². The monoisotopic (exact) mass is 381 g/mol. The SMILES string of the molecule is O=C(O)C1CCCC(C(=O)Nc2ccc(-n3nccc3C(F)(F)F)cc2)C1. The van der Waals surface area contributed by atoms with Gasteiger partial charge in [-0.15, -0.1) is 0 Å². The van der Waals surface area contributed by atoms with Gasteiger partial charge in [-0.05, 0) is 49.6 Å². The minimum Gasteiger partial charge on any atom is -0.481 e.